The Morgan fingerprint density at radius 1 is 1.13 bits per heavy atom. The number of aryl methyl sites for hydroxylation is 1. The van der Waals surface area contributed by atoms with Crippen LogP contribution in [0.2, 0.25) is 0 Å². The molecule has 0 saturated carbocycles. The van der Waals surface area contributed by atoms with Crippen LogP contribution in [-0.2, 0) is 23.9 Å². The minimum atomic E-state index is -4.48. The van der Waals surface area contributed by atoms with Gasteiger partial charge in [0.1, 0.15) is 6.61 Å². The summed E-state index contributed by atoms with van der Waals surface area (Å²) < 4.78 is 47.0. The number of carbonyl (C=O) groups is 1. The first-order valence-corrected chi connectivity index (χ1v) is 10.1. The average Bonchev–Trinajstić information content (AvgIpc) is 3.32. The molecule has 8 heteroatoms. The highest BCUT2D eigenvalue weighted by atomic mass is 19.4. The number of alkyl halides is 3. The van der Waals surface area contributed by atoms with E-state index in [2.05, 4.69) is 5.10 Å². The van der Waals surface area contributed by atoms with Crippen LogP contribution in [0.25, 0.3) is 16.9 Å². The van der Waals surface area contributed by atoms with E-state index in [1.165, 1.54) is 11.0 Å². The summed E-state index contributed by atoms with van der Waals surface area (Å²) in [5.74, 6) is 0. The van der Waals surface area contributed by atoms with Gasteiger partial charge in [-0.05, 0) is 48.7 Å². The monoisotopic (exact) mass is 429 g/mol. The lowest BCUT2D eigenvalue weighted by molar-refractivity contribution is -0.137. The maximum Gasteiger partial charge on any atom is 0.416 e. The van der Waals surface area contributed by atoms with Crippen LogP contribution in [0.5, 0.6) is 0 Å². The summed E-state index contributed by atoms with van der Waals surface area (Å²) in [6.07, 6.45) is -2.47. The number of aromatic nitrogens is 2. The summed E-state index contributed by atoms with van der Waals surface area (Å²) in [5.41, 5.74) is 2.57. The molecule has 4 rings (SSSR count). The molecule has 1 atom stereocenters. The number of carbonyl (C=O) groups excluding carboxylic acids is 1. The number of ether oxygens (including phenoxy) is 1. The van der Waals surface area contributed by atoms with Crippen LogP contribution in [0.15, 0.2) is 54.7 Å². The summed E-state index contributed by atoms with van der Waals surface area (Å²) in [6, 6.07) is 12.9. The molecule has 0 radical (unpaired) electrons. The van der Waals surface area contributed by atoms with Crippen molar-refractivity contribution in [2.24, 2.45) is 0 Å². The third-order valence-corrected chi connectivity index (χ3v) is 5.43. The summed E-state index contributed by atoms with van der Waals surface area (Å²) in [6.45, 7) is 4.01. The largest absolute Gasteiger partial charge is 0.447 e. The summed E-state index contributed by atoms with van der Waals surface area (Å²) >= 11 is 0. The molecule has 1 amide bonds. The standard InChI is InChI=1S/C23H22F3N3O2/c1-3-16-13-29(19-7-5-4-6-8-19)27-21(16)20-10-9-18(23(24,25)26)11-17(20)12-28-15(2)14-31-22(28)30/h4-11,13,15H,3,12,14H2,1-2H3. The quantitative estimate of drug-likeness (QED) is 0.541. The van der Waals surface area contributed by atoms with Crippen LogP contribution in [-0.4, -0.2) is 33.4 Å². The van der Waals surface area contributed by atoms with Gasteiger partial charge in [-0.15, -0.1) is 0 Å². The minimum Gasteiger partial charge on any atom is -0.447 e. The molecule has 1 fully saturated rings. The van der Waals surface area contributed by atoms with E-state index >= 15 is 0 Å². The van der Waals surface area contributed by atoms with Crippen molar-refractivity contribution in [1.29, 1.82) is 0 Å². The highest BCUT2D eigenvalue weighted by Gasteiger charge is 2.34. The van der Waals surface area contributed by atoms with Gasteiger partial charge in [0.05, 0.1) is 29.5 Å². The van der Waals surface area contributed by atoms with Crippen molar-refractivity contribution >= 4 is 6.09 Å². The molecule has 31 heavy (non-hydrogen) atoms. The number of nitrogens with zero attached hydrogens (tertiary/aromatic N) is 3. The molecule has 3 aromatic rings. The molecule has 0 aliphatic carbocycles. The molecular formula is C23H22F3N3O2. The predicted molar refractivity (Wildman–Crippen MR) is 110 cm³/mol. The van der Waals surface area contributed by atoms with E-state index in [0.717, 1.165) is 23.4 Å². The number of amides is 1. The zero-order valence-electron chi connectivity index (χ0n) is 17.2. The maximum absolute atomic E-state index is 13.4. The van der Waals surface area contributed by atoms with Crippen molar-refractivity contribution in [3.8, 4) is 16.9 Å². The van der Waals surface area contributed by atoms with Gasteiger partial charge in [0.25, 0.3) is 0 Å². The summed E-state index contributed by atoms with van der Waals surface area (Å²) in [7, 11) is 0. The fourth-order valence-electron chi connectivity index (χ4n) is 3.69. The Balaban J connectivity index is 1.82. The van der Waals surface area contributed by atoms with Gasteiger partial charge in [-0.1, -0.05) is 31.2 Å². The van der Waals surface area contributed by atoms with Gasteiger partial charge >= 0.3 is 12.3 Å². The molecular weight excluding hydrogens is 407 g/mol. The van der Waals surface area contributed by atoms with Crippen molar-refractivity contribution in [1.82, 2.24) is 14.7 Å². The van der Waals surface area contributed by atoms with Crippen molar-refractivity contribution in [2.75, 3.05) is 6.61 Å². The topological polar surface area (TPSA) is 47.4 Å². The lowest BCUT2D eigenvalue weighted by Gasteiger charge is -2.21. The lowest BCUT2D eigenvalue weighted by Crippen LogP contribution is -2.30. The zero-order valence-corrected chi connectivity index (χ0v) is 17.2. The first-order chi connectivity index (χ1) is 14.8. The summed E-state index contributed by atoms with van der Waals surface area (Å²) in [5, 5.41) is 4.69. The van der Waals surface area contributed by atoms with Crippen LogP contribution in [0, 0.1) is 0 Å². The Morgan fingerprint density at radius 3 is 2.48 bits per heavy atom. The third kappa shape index (κ3) is 4.15. The fourth-order valence-corrected chi connectivity index (χ4v) is 3.69. The molecule has 1 saturated heterocycles. The molecule has 1 aromatic heterocycles. The molecule has 0 bridgehead atoms. The number of rotatable bonds is 5. The summed E-state index contributed by atoms with van der Waals surface area (Å²) in [4.78, 5) is 13.5. The Labute approximate surface area is 178 Å². The average molecular weight is 429 g/mol. The van der Waals surface area contributed by atoms with Crippen LogP contribution < -0.4 is 0 Å². The molecule has 0 N–H and O–H groups in total. The highest BCUT2D eigenvalue weighted by Crippen LogP contribution is 2.35. The molecule has 1 aliphatic rings. The van der Waals surface area contributed by atoms with Crippen LogP contribution in [0.4, 0.5) is 18.0 Å². The van der Waals surface area contributed by atoms with Crippen LogP contribution >= 0.6 is 0 Å². The van der Waals surface area contributed by atoms with Gasteiger partial charge in [0.2, 0.25) is 0 Å². The van der Waals surface area contributed by atoms with Gasteiger partial charge in [0, 0.05) is 11.8 Å². The number of para-hydroxylation sites is 1. The Hall–Kier alpha value is -3.29. The maximum atomic E-state index is 13.4. The van der Waals surface area contributed by atoms with Gasteiger partial charge in [0.15, 0.2) is 0 Å². The minimum absolute atomic E-state index is 0.0145. The Morgan fingerprint density at radius 2 is 1.87 bits per heavy atom. The lowest BCUT2D eigenvalue weighted by atomic mass is 9.97. The molecule has 162 valence electrons. The highest BCUT2D eigenvalue weighted by molar-refractivity contribution is 5.72. The first kappa shape index (κ1) is 21.0. The Kier molecular flexibility index (Phi) is 5.47. The van der Waals surface area contributed by atoms with Crippen molar-refractivity contribution in [3.63, 3.8) is 0 Å². The molecule has 1 aliphatic heterocycles. The number of hydrogen-bond donors (Lipinski definition) is 0. The smallest absolute Gasteiger partial charge is 0.416 e. The van der Waals surface area contributed by atoms with E-state index in [-0.39, 0.29) is 19.2 Å². The second kappa shape index (κ2) is 8.09. The van der Waals surface area contributed by atoms with E-state index in [1.54, 1.807) is 11.6 Å². The van der Waals surface area contributed by atoms with Gasteiger partial charge in [-0.3, -0.25) is 4.90 Å². The van der Waals surface area contributed by atoms with Crippen LogP contribution in [0.1, 0.15) is 30.5 Å². The van der Waals surface area contributed by atoms with Crippen molar-refractivity contribution < 1.29 is 22.7 Å². The fraction of sp³-hybridized carbons (Fsp3) is 0.304. The number of benzene rings is 2. The van der Waals surface area contributed by atoms with E-state index in [1.807, 2.05) is 43.5 Å². The number of cyclic esters (lactones) is 1. The van der Waals surface area contributed by atoms with E-state index in [9.17, 15) is 18.0 Å². The predicted octanol–water partition coefficient (Wildman–Crippen LogP) is 5.46. The van der Waals surface area contributed by atoms with Crippen LogP contribution in [0.3, 0.4) is 0 Å². The normalized spacial score (nSPS) is 16.6. The van der Waals surface area contributed by atoms with E-state index < -0.39 is 17.8 Å². The van der Waals surface area contributed by atoms with Crippen molar-refractivity contribution in [3.05, 3.63) is 71.4 Å². The Bertz CT molecular complexity index is 1090. The molecule has 2 heterocycles. The number of hydrogen-bond acceptors (Lipinski definition) is 3. The molecule has 2 aromatic carbocycles. The van der Waals surface area contributed by atoms with Gasteiger partial charge < -0.3 is 4.74 Å². The van der Waals surface area contributed by atoms with Gasteiger partial charge in [-0.25, -0.2) is 9.48 Å². The first-order valence-electron chi connectivity index (χ1n) is 10.1. The van der Waals surface area contributed by atoms with Gasteiger partial charge in [-0.2, -0.15) is 18.3 Å². The second-order valence-electron chi connectivity index (χ2n) is 7.56. The third-order valence-electron chi connectivity index (χ3n) is 5.43. The molecule has 1 unspecified atom stereocenters. The van der Waals surface area contributed by atoms with E-state index in [0.29, 0.717) is 23.2 Å². The second-order valence-corrected chi connectivity index (χ2v) is 7.56. The van der Waals surface area contributed by atoms with E-state index in [4.69, 9.17) is 4.74 Å². The molecule has 0 spiro atoms. The molecule has 5 nitrogen and oxygen atoms in total. The zero-order chi connectivity index (χ0) is 22.2. The van der Waals surface area contributed by atoms with Crippen molar-refractivity contribution in [2.45, 2.75) is 39.0 Å². The number of halogens is 3. The SMILES string of the molecule is CCc1cn(-c2ccccc2)nc1-c1ccc(C(F)(F)F)cc1CN1C(=O)OCC1C.